The SMILES string of the molecule is CCCCNc1nc(N)nc2c3ccccc3n(Cc3cc(CNc4ccccc4C)ccc3OC)c12.CCO. The van der Waals surface area contributed by atoms with Crippen molar-refractivity contribution >= 4 is 39.4 Å². The number of nitrogens with one attached hydrogen (secondary N) is 2. The van der Waals surface area contributed by atoms with E-state index in [9.17, 15) is 0 Å². The van der Waals surface area contributed by atoms with Crippen LogP contribution >= 0.6 is 0 Å². The number of aromatic nitrogens is 3. The van der Waals surface area contributed by atoms with Gasteiger partial charge in [0.1, 0.15) is 16.8 Å². The topological polar surface area (TPSA) is 110 Å². The van der Waals surface area contributed by atoms with Crippen molar-refractivity contribution in [3.05, 3.63) is 83.4 Å². The number of aliphatic hydroxyl groups is 1. The molecular weight excluding hydrogens is 500 g/mol. The third-order valence-electron chi connectivity index (χ3n) is 6.75. The van der Waals surface area contributed by atoms with Crippen molar-refractivity contribution in [1.82, 2.24) is 14.5 Å². The van der Waals surface area contributed by atoms with Crippen molar-refractivity contribution in [1.29, 1.82) is 0 Å². The van der Waals surface area contributed by atoms with Crippen LogP contribution in [0.5, 0.6) is 5.75 Å². The molecule has 0 saturated heterocycles. The van der Waals surface area contributed by atoms with E-state index in [1.54, 1.807) is 14.0 Å². The number of methoxy groups -OCH3 is 1. The Morgan fingerprint density at radius 3 is 2.48 bits per heavy atom. The molecular formula is C32H40N6O2. The molecule has 0 saturated carbocycles. The van der Waals surface area contributed by atoms with Crippen molar-refractivity contribution in [3.63, 3.8) is 0 Å². The fraction of sp³-hybridized carbons (Fsp3) is 0.312. The van der Waals surface area contributed by atoms with Crippen LogP contribution in [0.15, 0.2) is 66.7 Å². The lowest BCUT2D eigenvalue weighted by molar-refractivity contribution is 0.318. The van der Waals surface area contributed by atoms with E-state index < -0.39 is 0 Å². The zero-order valence-electron chi connectivity index (χ0n) is 23.9. The molecule has 0 atom stereocenters. The second kappa shape index (κ2) is 13.7. The second-order valence-corrected chi connectivity index (χ2v) is 9.64. The lowest BCUT2D eigenvalue weighted by atomic mass is 10.1. The van der Waals surface area contributed by atoms with Crippen molar-refractivity contribution in [2.45, 2.75) is 46.7 Å². The number of anilines is 3. The Hall–Kier alpha value is -4.30. The number of para-hydroxylation sites is 2. The summed E-state index contributed by atoms with van der Waals surface area (Å²) in [6.07, 6.45) is 2.15. The quantitative estimate of drug-likeness (QED) is 0.153. The monoisotopic (exact) mass is 540 g/mol. The summed E-state index contributed by atoms with van der Waals surface area (Å²) in [6, 6.07) is 23.0. The first-order valence-electron chi connectivity index (χ1n) is 13.8. The van der Waals surface area contributed by atoms with Crippen molar-refractivity contribution in [3.8, 4) is 5.75 Å². The molecule has 2 heterocycles. The molecule has 3 aromatic carbocycles. The summed E-state index contributed by atoms with van der Waals surface area (Å²) in [7, 11) is 1.72. The molecule has 5 N–H and O–H groups in total. The molecule has 0 amide bonds. The summed E-state index contributed by atoms with van der Waals surface area (Å²) < 4.78 is 8.06. The van der Waals surface area contributed by atoms with Crippen LogP contribution < -0.4 is 21.1 Å². The highest BCUT2D eigenvalue weighted by Gasteiger charge is 2.19. The summed E-state index contributed by atoms with van der Waals surface area (Å²) in [4.78, 5) is 9.25. The number of benzene rings is 3. The first-order valence-corrected chi connectivity index (χ1v) is 13.8. The summed E-state index contributed by atoms with van der Waals surface area (Å²) >= 11 is 0. The highest BCUT2D eigenvalue weighted by atomic mass is 16.5. The normalized spacial score (nSPS) is 10.8. The van der Waals surface area contributed by atoms with Gasteiger partial charge in [0, 0.05) is 36.3 Å². The maximum absolute atomic E-state index is 7.57. The van der Waals surface area contributed by atoms with Crippen molar-refractivity contribution in [2.24, 2.45) is 0 Å². The number of hydrogen-bond donors (Lipinski definition) is 4. The van der Waals surface area contributed by atoms with E-state index in [0.717, 1.165) is 70.7 Å². The number of hydrogen-bond acceptors (Lipinski definition) is 7. The van der Waals surface area contributed by atoms with Crippen LogP contribution in [0.4, 0.5) is 17.5 Å². The Morgan fingerprint density at radius 1 is 0.975 bits per heavy atom. The highest BCUT2D eigenvalue weighted by Crippen LogP contribution is 2.34. The van der Waals surface area contributed by atoms with Gasteiger partial charge in [-0.3, -0.25) is 0 Å². The molecule has 8 nitrogen and oxygen atoms in total. The van der Waals surface area contributed by atoms with Crippen molar-refractivity contribution in [2.75, 3.05) is 36.6 Å². The Kier molecular flexibility index (Phi) is 9.81. The fourth-order valence-electron chi connectivity index (χ4n) is 4.82. The molecule has 0 radical (unpaired) electrons. The standard InChI is InChI=1S/C30H34N6O.C2H6O/c1-4-5-16-32-29-28-27(34-30(31)35-29)23-11-7-9-13-25(23)36(28)19-22-17-21(14-15-26(22)37-3)18-33-24-12-8-6-10-20(24)2;1-2-3/h6-15,17,33H,4-5,16,18-19H2,1-3H3,(H3,31,32,34,35);3H,2H2,1H3. The van der Waals surface area contributed by atoms with Crippen LogP contribution in [0.2, 0.25) is 0 Å². The van der Waals surface area contributed by atoms with Gasteiger partial charge in [-0.2, -0.15) is 4.98 Å². The molecule has 5 rings (SSSR count). The third kappa shape index (κ3) is 6.46. The van der Waals surface area contributed by atoms with Gasteiger partial charge in [0.05, 0.1) is 19.2 Å². The average molecular weight is 541 g/mol. The summed E-state index contributed by atoms with van der Waals surface area (Å²) in [5.41, 5.74) is 13.7. The zero-order valence-corrected chi connectivity index (χ0v) is 23.9. The number of nitrogens with zero attached hydrogens (tertiary/aromatic N) is 3. The van der Waals surface area contributed by atoms with Gasteiger partial charge in [-0.25, -0.2) is 4.98 Å². The number of nitrogens with two attached hydrogens (primary N) is 1. The van der Waals surface area contributed by atoms with Crippen molar-refractivity contribution < 1.29 is 9.84 Å². The predicted octanol–water partition coefficient (Wildman–Crippen LogP) is 6.35. The number of unbranched alkanes of at least 4 members (excludes halogenated alkanes) is 1. The van der Waals surface area contributed by atoms with Gasteiger partial charge in [-0.05, 0) is 55.7 Å². The Morgan fingerprint density at radius 2 is 1.73 bits per heavy atom. The number of nitrogen functional groups attached to an aromatic ring is 1. The molecule has 2 aromatic heterocycles. The van der Waals surface area contributed by atoms with Crippen LogP contribution in [-0.4, -0.2) is 39.9 Å². The number of aliphatic hydroxyl groups excluding tert-OH is 1. The van der Waals surface area contributed by atoms with Gasteiger partial charge in [-0.1, -0.05) is 55.8 Å². The third-order valence-corrected chi connectivity index (χ3v) is 6.75. The number of fused-ring (bicyclic) bond motifs is 3. The molecule has 0 unspecified atom stereocenters. The van der Waals surface area contributed by atoms with E-state index in [2.05, 4.69) is 93.6 Å². The van der Waals surface area contributed by atoms with E-state index in [1.807, 2.05) is 12.1 Å². The lowest BCUT2D eigenvalue weighted by Gasteiger charge is -2.16. The molecule has 5 aromatic rings. The van der Waals surface area contributed by atoms with Crippen LogP contribution in [0.1, 0.15) is 43.4 Å². The zero-order chi connectivity index (χ0) is 28.5. The van der Waals surface area contributed by atoms with E-state index in [-0.39, 0.29) is 12.6 Å². The minimum Gasteiger partial charge on any atom is -0.496 e. The Labute approximate surface area is 236 Å². The van der Waals surface area contributed by atoms with Crippen LogP contribution in [-0.2, 0) is 13.1 Å². The highest BCUT2D eigenvalue weighted by molar-refractivity contribution is 6.09. The van der Waals surface area contributed by atoms with Gasteiger partial charge >= 0.3 is 0 Å². The van der Waals surface area contributed by atoms with E-state index in [1.165, 1.54) is 11.1 Å². The fourth-order valence-corrected chi connectivity index (χ4v) is 4.82. The maximum atomic E-state index is 7.57. The predicted molar refractivity (Wildman–Crippen MR) is 166 cm³/mol. The van der Waals surface area contributed by atoms with E-state index in [0.29, 0.717) is 6.54 Å². The Balaban J connectivity index is 0.00000118. The minimum atomic E-state index is 0.250. The van der Waals surface area contributed by atoms with Gasteiger partial charge in [0.2, 0.25) is 5.95 Å². The molecule has 0 aliphatic rings. The van der Waals surface area contributed by atoms with Gasteiger partial charge in [-0.15, -0.1) is 0 Å². The minimum absolute atomic E-state index is 0.250. The number of ether oxygens (including phenoxy) is 1. The summed E-state index contributed by atoms with van der Waals surface area (Å²) in [5.74, 6) is 1.89. The molecule has 40 heavy (non-hydrogen) atoms. The smallest absolute Gasteiger partial charge is 0.222 e. The van der Waals surface area contributed by atoms with E-state index >= 15 is 0 Å². The Bertz CT molecular complexity index is 1560. The largest absolute Gasteiger partial charge is 0.496 e. The first-order chi connectivity index (χ1) is 19.5. The average Bonchev–Trinajstić information content (AvgIpc) is 3.26. The van der Waals surface area contributed by atoms with Gasteiger partial charge in [0.15, 0.2) is 5.82 Å². The second-order valence-electron chi connectivity index (χ2n) is 9.64. The summed E-state index contributed by atoms with van der Waals surface area (Å²) in [5, 5.41) is 15.7. The number of aryl methyl sites for hydroxylation is 1. The van der Waals surface area contributed by atoms with Gasteiger partial charge < -0.3 is 30.8 Å². The molecule has 0 fully saturated rings. The van der Waals surface area contributed by atoms with Crippen LogP contribution in [0.3, 0.4) is 0 Å². The number of rotatable bonds is 10. The maximum Gasteiger partial charge on any atom is 0.222 e. The molecule has 0 bridgehead atoms. The molecule has 8 heteroatoms. The van der Waals surface area contributed by atoms with Crippen LogP contribution in [0, 0.1) is 6.92 Å². The molecule has 0 aliphatic heterocycles. The van der Waals surface area contributed by atoms with Crippen LogP contribution in [0.25, 0.3) is 21.9 Å². The molecule has 0 aliphatic carbocycles. The first kappa shape index (κ1) is 28.7. The lowest BCUT2D eigenvalue weighted by Crippen LogP contribution is -2.10. The van der Waals surface area contributed by atoms with Gasteiger partial charge in [0.25, 0.3) is 0 Å². The molecule has 0 spiro atoms. The summed E-state index contributed by atoms with van der Waals surface area (Å²) in [6.45, 7) is 8.38. The molecule has 210 valence electrons. The van der Waals surface area contributed by atoms with E-state index in [4.69, 9.17) is 15.6 Å².